The molecule has 4 aliphatic rings. The number of anilines is 1. The number of imide groups is 1. The Balaban J connectivity index is 1.40. The van der Waals surface area contributed by atoms with Gasteiger partial charge in [-0.2, -0.15) is 5.10 Å². The Morgan fingerprint density at radius 3 is 2.30 bits per heavy atom. The van der Waals surface area contributed by atoms with E-state index in [1.54, 1.807) is 43.5 Å². The predicted octanol–water partition coefficient (Wildman–Crippen LogP) is 4.88. The van der Waals surface area contributed by atoms with Crippen molar-refractivity contribution >= 4 is 35.3 Å². The highest BCUT2D eigenvalue weighted by molar-refractivity contribution is 6.25. The number of aryl methyl sites for hydroxylation is 1. The van der Waals surface area contributed by atoms with Gasteiger partial charge in [0.15, 0.2) is 0 Å². The number of amides is 3. The van der Waals surface area contributed by atoms with Crippen LogP contribution in [-0.4, -0.2) is 36.0 Å². The van der Waals surface area contributed by atoms with Gasteiger partial charge >= 0.3 is 0 Å². The van der Waals surface area contributed by atoms with E-state index in [2.05, 4.69) is 10.5 Å². The minimum Gasteiger partial charge on any atom is -0.497 e. The molecule has 4 aromatic carbocycles. The summed E-state index contributed by atoms with van der Waals surface area (Å²) >= 11 is 0. The molecule has 0 spiro atoms. The molecule has 4 aromatic rings. The van der Waals surface area contributed by atoms with Crippen LogP contribution in [0.4, 0.5) is 11.4 Å². The van der Waals surface area contributed by atoms with Crippen molar-refractivity contribution in [2.24, 2.45) is 16.9 Å². The van der Waals surface area contributed by atoms with Crippen molar-refractivity contribution in [3.05, 3.63) is 134 Å². The topological polar surface area (TPSA) is 131 Å². The molecule has 10 heteroatoms. The molecular weight excluding hydrogens is 560 g/mol. The number of methoxy groups -OCH3 is 1. The highest BCUT2D eigenvalue weighted by Crippen LogP contribution is 2.64. The van der Waals surface area contributed by atoms with Crippen molar-refractivity contribution in [1.29, 1.82) is 0 Å². The third-order valence-corrected chi connectivity index (χ3v) is 9.02. The molecule has 44 heavy (non-hydrogen) atoms. The molecule has 3 aliphatic carbocycles. The van der Waals surface area contributed by atoms with Crippen LogP contribution in [0.1, 0.15) is 44.1 Å². The summed E-state index contributed by atoms with van der Waals surface area (Å²) in [6.07, 6.45) is 1.55. The van der Waals surface area contributed by atoms with Crippen molar-refractivity contribution in [3.63, 3.8) is 0 Å². The molecule has 1 fully saturated rings. The predicted molar refractivity (Wildman–Crippen MR) is 162 cm³/mol. The second-order valence-electron chi connectivity index (χ2n) is 11.2. The fourth-order valence-electron chi connectivity index (χ4n) is 7.28. The van der Waals surface area contributed by atoms with Crippen molar-refractivity contribution in [3.8, 4) is 5.75 Å². The molecule has 1 saturated heterocycles. The van der Waals surface area contributed by atoms with E-state index >= 15 is 0 Å². The molecule has 0 radical (unpaired) electrons. The minimum absolute atomic E-state index is 0.0593. The molecule has 0 unspecified atom stereocenters. The third kappa shape index (κ3) is 3.73. The van der Waals surface area contributed by atoms with Crippen LogP contribution in [0, 0.1) is 28.9 Å². The van der Waals surface area contributed by atoms with Gasteiger partial charge in [0.05, 0.1) is 29.3 Å². The zero-order chi connectivity index (χ0) is 30.7. The van der Waals surface area contributed by atoms with Gasteiger partial charge in [-0.15, -0.1) is 0 Å². The van der Waals surface area contributed by atoms with Crippen LogP contribution in [0.15, 0.2) is 96.1 Å². The number of hydrogen-bond donors (Lipinski definition) is 1. The summed E-state index contributed by atoms with van der Waals surface area (Å²) in [4.78, 5) is 54.4. The fraction of sp³-hybridized carbons (Fsp3) is 0.176. The molecule has 8 rings (SSSR count). The molecule has 3 amide bonds. The Kier molecular flexibility index (Phi) is 6.17. The zero-order valence-corrected chi connectivity index (χ0v) is 23.8. The Morgan fingerprint density at radius 2 is 1.64 bits per heavy atom. The maximum absolute atomic E-state index is 14.5. The van der Waals surface area contributed by atoms with E-state index in [9.17, 15) is 24.5 Å². The highest BCUT2D eigenvalue weighted by Gasteiger charge is 2.68. The van der Waals surface area contributed by atoms with Crippen molar-refractivity contribution in [2.75, 3.05) is 12.0 Å². The van der Waals surface area contributed by atoms with Gasteiger partial charge in [-0.05, 0) is 59.0 Å². The van der Waals surface area contributed by atoms with Gasteiger partial charge in [0, 0.05) is 23.8 Å². The van der Waals surface area contributed by atoms with Crippen LogP contribution in [-0.2, 0) is 15.0 Å². The molecule has 10 nitrogen and oxygen atoms in total. The molecule has 1 N–H and O–H groups in total. The van der Waals surface area contributed by atoms with Gasteiger partial charge in [0.1, 0.15) is 11.4 Å². The second kappa shape index (κ2) is 9.98. The lowest BCUT2D eigenvalue weighted by molar-refractivity contribution is -0.384. The molecule has 2 atom stereocenters. The largest absolute Gasteiger partial charge is 0.497 e. The SMILES string of the molecule is COc1cccc(C(=O)N/N=C\C23c4ccccc4C(c4ccccc42)[C@@H]2C(=O)N(c4ccc(C)cc4[N+](=O)[O-])C(=O)[C@@H]23)c1. The lowest BCUT2D eigenvalue weighted by Gasteiger charge is -2.52. The first-order chi connectivity index (χ1) is 21.3. The molecule has 2 bridgehead atoms. The molecule has 0 aromatic heterocycles. The monoisotopic (exact) mass is 586 g/mol. The maximum Gasteiger partial charge on any atom is 0.293 e. The van der Waals surface area contributed by atoms with E-state index < -0.39 is 45.8 Å². The number of carbonyl (C=O) groups is 3. The first-order valence-corrected chi connectivity index (χ1v) is 14.1. The summed E-state index contributed by atoms with van der Waals surface area (Å²) in [7, 11) is 1.51. The summed E-state index contributed by atoms with van der Waals surface area (Å²) < 4.78 is 5.23. The van der Waals surface area contributed by atoms with E-state index in [0.717, 1.165) is 27.2 Å². The van der Waals surface area contributed by atoms with Crippen LogP contribution in [0.5, 0.6) is 5.75 Å². The summed E-state index contributed by atoms with van der Waals surface area (Å²) in [6.45, 7) is 1.71. The Labute approximate surface area is 252 Å². The number of nitro benzene ring substituents is 1. The molecule has 1 aliphatic heterocycles. The van der Waals surface area contributed by atoms with E-state index in [0.29, 0.717) is 16.9 Å². The lowest BCUT2D eigenvalue weighted by Crippen LogP contribution is -2.54. The van der Waals surface area contributed by atoms with Gasteiger partial charge < -0.3 is 4.74 Å². The molecule has 1 heterocycles. The number of ether oxygens (including phenoxy) is 1. The number of nitro groups is 1. The molecule has 0 saturated carbocycles. The average molecular weight is 587 g/mol. The molecular formula is C34H26N4O6. The Hall–Kier alpha value is -5.64. The van der Waals surface area contributed by atoms with Crippen LogP contribution in [0.3, 0.4) is 0 Å². The van der Waals surface area contributed by atoms with Crippen LogP contribution in [0.2, 0.25) is 0 Å². The zero-order valence-electron chi connectivity index (χ0n) is 23.8. The molecule has 218 valence electrons. The Bertz CT molecular complexity index is 1890. The van der Waals surface area contributed by atoms with E-state index in [-0.39, 0.29) is 11.4 Å². The van der Waals surface area contributed by atoms with Gasteiger partial charge in [-0.25, -0.2) is 10.3 Å². The first kappa shape index (κ1) is 27.2. The average Bonchev–Trinajstić information content (AvgIpc) is 3.31. The van der Waals surface area contributed by atoms with Gasteiger partial charge in [0.2, 0.25) is 11.8 Å². The number of benzene rings is 4. The Morgan fingerprint density at radius 1 is 0.955 bits per heavy atom. The van der Waals surface area contributed by atoms with Crippen molar-refractivity contribution in [2.45, 2.75) is 18.3 Å². The van der Waals surface area contributed by atoms with Gasteiger partial charge in [-0.1, -0.05) is 60.7 Å². The van der Waals surface area contributed by atoms with Gasteiger partial charge in [-0.3, -0.25) is 24.5 Å². The number of carbonyl (C=O) groups excluding carboxylic acids is 3. The highest BCUT2D eigenvalue weighted by atomic mass is 16.6. The van der Waals surface area contributed by atoms with Crippen molar-refractivity contribution < 1.29 is 24.0 Å². The number of hydrogen-bond acceptors (Lipinski definition) is 7. The van der Waals surface area contributed by atoms with Crippen molar-refractivity contribution in [1.82, 2.24) is 5.43 Å². The second-order valence-corrected chi connectivity index (χ2v) is 11.2. The summed E-state index contributed by atoms with van der Waals surface area (Å²) in [5.41, 5.74) is 5.28. The smallest absolute Gasteiger partial charge is 0.293 e. The van der Waals surface area contributed by atoms with E-state index in [4.69, 9.17) is 4.74 Å². The summed E-state index contributed by atoms with van der Waals surface area (Å²) in [5, 5.41) is 16.5. The lowest BCUT2D eigenvalue weighted by atomic mass is 9.47. The first-order valence-electron chi connectivity index (χ1n) is 14.1. The van der Waals surface area contributed by atoms with Gasteiger partial charge in [0.25, 0.3) is 11.6 Å². The number of nitrogens with one attached hydrogen (secondary N) is 1. The van der Waals surface area contributed by atoms with E-state index in [1.807, 2.05) is 48.5 Å². The minimum atomic E-state index is -1.24. The number of rotatable bonds is 6. The number of hydrazone groups is 1. The summed E-state index contributed by atoms with van der Waals surface area (Å²) in [6, 6.07) is 26.3. The fourth-order valence-corrected chi connectivity index (χ4v) is 7.28. The quantitative estimate of drug-likeness (QED) is 0.148. The van der Waals surface area contributed by atoms with Crippen LogP contribution < -0.4 is 15.1 Å². The van der Waals surface area contributed by atoms with Crippen LogP contribution in [0.25, 0.3) is 0 Å². The standard InChI is InChI=1S/C34H26N4O6/c1-19-14-15-26(27(16-19)38(42)43)37-32(40)29-28-22-10-3-5-12-24(22)34(30(29)33(37)41,25-13-6-4-11-23(25)28)18-35-36-31(39)20-8-7-9-21(17-20)44-2/h3-18,28-30H,1-2H3,(H,36,39)/b35-18-/t28?,29-,30+,34?/m0/s1. The maximum atomic E-state index is 14.5. The normalized spacial score (nSPS) is 22.9. The van der Waals surface area contributed by atoms with Crippen LogP contribution >= 0.6 is 0 Å². The van der Waals surface area contributed by atoms with E-state index in [1.165, 1.54) is 19.2 Å². The number of nitrogens with zero attached hydrogens (tertiary/aromatic N) is 3. The summed E-state index contributed by atoms with van der Waals surface area (Å²) in [5.74, 6) is -3.26. The third-order valence-electron chi connectivity index (χ3n) is 9.02.